The molecule has 0 fully saturated rings. The zero-order valence-electron chi connectivity index (χ0n) is 18.5. The molecule has 2 heterocycles. The predicted octanol–water partition coefficient (Wildman–Crippen LogP) is 3.90. The first-order valence-corrected chi connectivity index (χ1v) is 10.6. The van der Waals surface area contributed by atoms with E-state index in [1.165, 1.54) is 0 Å². The number of aliphatic hydroxyl groups is 2. The Kier molecular flexibility index (Phi) is 11.1. The van der Waals surface area contributed by atoms with Crippen molar-refractivity contribution in [1.29, 1.82) is 0 Å². The number of fused-ring (bicyclic) bond motifs is 1. The fourth-order valence-electron chi connectivity index (χ4n) is 3.38. The van der Waals surface area contributed by atoms with Gasteiger partial charge in [0.15, 0.2) is 0 Å². The second kappa shape index (κ2) is 13.8. The number of pyridine rings is 1. The molecule has 4 rings (SSSR count). The summed E-state index contributed by atoms with van der Waals surface area (Å²) in [6.07, 6.45) is 3.54. The lowest BCUT2D eigenvalue weighted by Gasteiger charge is -2.19. The van der Waals surface area contributed by atoms with E-state index in [4.69, 9.17) is 9.47 Å². The molecule has 0 bridgehead atoms. The molecule has 3 N–H and O–H groups in total. The monoisotopic (exact) mass is 505 g/mol. The highest BCUT2D eigenvalue weighted by atomic mass is 35.5. The number of benzene rings is 2. The standard InChI is InChI=1S/C25H27N3O4.2ClH/c29-17-20(27-16-21(30)18-31-22-5-2-1-3-6-22)15-19-9-11-23(12-10-19)32-25-8-4-7-24-26-13-14-28(24)25;;/h1-14,20-21,27,29-30H,15-18H2;2*1H/t20-,21-;;/m0../s1. The van der Waals surface area contributed by atoms with Gasteiger partial charge in [0.05, 0.1) is 6.61 Å². The molecule has 9 heteroatoms. The number of aromatic nitrogens is 2. The van der Waals surface area contributed by atoms with E-state index in [0.717, 1.165) is 22.7 Å². The number of halogens is 2. The fourth-order valence-corrected chi connectivity index (χ4v) is 3.38. The maximum Gasteiger partial charge on any atom is 0.205 e. The zero-order valence-corrected chi connectivity index (χ0v) is 20.1. The van der Waals surface area contributed by atoms with Crippen molar-refractivity contribution < 1.29 is 19.7 Å². The fraction of sp³-hybridized carbons (Fsp3) is 0.240. The summed E-state index contributed by atoms with van der Waals surface area (Å²) < 4.78 is 13.4. The normalized spacial score (nSPS) is 12.3. The Morgan fingerprint density at radius 1 is 0.912 bits per heavy atom. The molecule has 34 heavy (non-hydrogen) atoms. The maximum absolute atomic E-state index is 10.2. The van der Waals surface area contributed by atoms with Gasteiger partial charge in [-0.25, -0.2) is 4.98 Å². The highest BCUT2D eigenvalue weighted by Crippen LogP contribution is 2.23. The lowest BCUT2D eigenvalue weighted by Crippen LogP contribution is -2.41. The van der Waals surface area contributed by atoms with E-state index in [-0.39, 0.29) is 44.1 Å². The summed E-state index contributed by atoms with van der Waals surface area (Å²) in [6.45, 7) is 0.478. The average Bonchev–Trinajstić information content (AvgIpc) is 3.32. The molecular weight excluding hydrogens is 477 g/mol. The van der Waals surface area contributed by atoms with Gasteiger partial charge in [-0.15, -0.1) is 24.8 Å². The van der Waals surface area contributed by atoms with Crippen LogP contribution in [-0.2, 0) is 6.42 Å². The zero-order chi connectivity index (χ0) is 22.2. The Morgan fingerprint density at radius 2 is 1.68 bits per heavy atom. The van der Waals surface area contributed by atoms with Crippen LogP contribution in [-0.4, -0.2) is 51.5 Å². The SMILES string of the molecule is Cl.Cl.OC[C@H](Cc1ccc(Oc2cccc3nccn23)cc1)NC[C@H](O)COc1ccccc1. The number of aliphatic hydroxyl groups excluding tert-OH is 2. The van der Waals surface area contributed by atoms with Crippen molar-refractivity contribution in [3.8, 4) is 17.4 Å². The van der Waals surface area contributed by atoms with Crippen LogP contribution >= 0.6 is 24.8 Å². The molecule has 0 aliphatic carbocycles. The molecule has 0 radical (unpaired) electrons. The lowest BCUT2D eigenvalue weighted by molar-refractivity contribution is 0.0997. The van der Waals surface area contributed by atoms with Crippen LogP contribution in [0.1, 0.15) is 5.56 Å². The Morgan fingerprint density at radius 3 is 2.41 bits per heavy atom. The van der Waals surface area contributed by atoms with E-state index in [9.17, 15) is 10.2 Å². The number of rotatable bonds is 11. The van der Waals surface area contributed by atoms with E-state index < -0.39 is 6.10 Å². The Labute approximate surface area is 211 Å². The number of nitrogens with one attached hydrogen (secondary N) is 1. The van der Waals surface area contributed by atoms with E-state index in [1.807, 2.05) is 83.4 Å². The van der Waals surface area contributed by atoms with Crippen molar-refractivity contribution in [3.05, 3.63) is 90.8 Å². The van der Waals surface area contributed by atoms with Gasteiger partial charge < -0.3 is 25.0 Å². The highest BCUT2D eigenvalue weighted by Gasteiger charge is 2.12. The summed E-state index contributed by atoms with van der Waals surface area (Å²) in [5.74, 6) is 2.13. The number of imidazole rings is 1. The van der Waals surface area contributed by atoms with Gasteiger partial charge in [0, 0.05) is 25.0 Å². The van der Waals surface area contributed by atoms with Crippen LogP contribution in [0, 0.1) is 0 Å². The minimum Gasteiger partial charge on any atom is -0.491 e. The van der Waals surface area contributed by atoms with Crippen molar-refractivity contribution in [1.82, 2.24) is 14.7 Å². The molecule has 0 spiro atoms. The highest BCUT2D eigenvalue weighted by molar-refractivity contribution is 5.85. The summed E-state index contributed by atoms with van der Waals surface area (Å²) in [4.78, 5) is 4.26. The van der Waals surface area contributed by atoms with Crippen LogP contribution in [0.4, 0.5) is 0 Å². The smallest absolute Gasteiger partial charge is 0.205 e. The van der Waals surface area contributed by atoms with Gasteiger partial charge >= 0.3 is 0 Å². The van der Waals surface area contributed by atoms with Crippen LogP contribution in [0.2, 0.25) is 0 Å². The largest absolute Gasteiger partial charge is 0.491 e. The van der Waals surface area contributed by atoms with E-state index in [1.54, 1.807) is 6.20 Å². The van der Waals surface area contributed by atoms with Gasteiger partial charge in [0.25, 0.3) is 0 Å². The Balaban J connectivity index is 0.00000204. The molecule has 2 atom stereocenters. The van der Waals surface area contributed by atoms with Gasteiger partial charge in [0.2, 0.25) is 5.88 Å². The molecule has 0 unspecified atom stereocenters. The molecule has 4 aromatic rings. The van der Waals surface area contributed by atoms with E-state index >= 15 is 0 Å². The van der Waals surface area contributed by atoms with Crippen LogP contribution < -0.4 is 14.8 Å². The molecule has 0 saturated carbocycles. The number of para-hydroxylation sites is 1. The van der Waals surface area contributed by atoms with E-state index in [2.05, 4.69) is 10.3 Å². The third-order valence-corrected chi connectivity index (χ3v) is 5.07. The molecule has 7 nitrogen and oxygen atoms in total. The minimum absolute atomic E-state index is 0. The van der Waals surface area contributed by atoms with Crippen LogP contribution in [0.5, 0.6) is 17.4 Å². The van der Waals surface area contributed by atoms with E-state index in [0.29, 0.717) is 18.8 Å². The second-order valence-corrected chi connectivity index (χ2v) is 7.54. The van der Waals surface area contributed by atoms with Crippen molar-refractivity contribution >= 4 is 30.5 Å². The van der Waals surface area contributed by atoms with Gasteiger partial charge in [-0.2, -0.15) is 0 Å². The van der Waals surface area contributed by atoms with Gasteiger partial charge in [-0.3, -0.25) is 4.40 Å². The first kappa shape index (κ1) is 27.4. The molecule has 2 aromatic heterocycles. The number of hydrogen-bond acceptors (Lipinski definition) is 6. The third-order valence-electron chi connectivity index (χ3n) is 5.07. The Hall–Kier alpha value is -2.81. The van der Waals surface area contributed by atoms with Gasteiger partial charge in [0.1, 0.15) is 29.9 Å². The predicted molar refractivity (Wildman–Crippen MR) is 137 cm³/mol. The summed E-state index contributed by atoms with van der Waals surface area (Å²) in [7, 11) is 0. The lowest BCUT2D eigenvalue weighted by atomic mass is 10.1. The Bertz CT molecular complexity index is 1110. The number of ether oxygens (including phenoxy) is 2. The molecular formula is C25H29Cl2N3O4. The van der Waals surface area contributed by atoms with Crippen LogP contribution in [0.15, 0.2) is 85.2 Å². The average molecular weight is 506 g/mol. The molecule has 0 amide bonds. The number of hydrogen-bond donors (Lipinski definition) is 3. The van der Waals surface area contributed by atoms with Crippen molar-refractivity contribution in [2.24, 2.45) is 0 Å². The first-order chi connectivity index (χ1) is 15.7. The molecule has 182 valence electrons. The third kappa shape index (κ3) is 7.62. The topological polar surface area (TPSA) is 88.3 Å². The molecule has 0 saturated heterocycles. The molecule has 0 aliphatic heterocycles. The second-order valence-electron chi connectivity index (χ2n) is 7.54. The van der Waals surface area contributed by atoms with Crippen LogP contribution in [0.3, 0.4) is 0 Å². The molecule has 2 aromatic carbocycles. The first-order valence-electron chi connectivity index (χ1n) is 10.6. The number of nitrogens with zero attached hydrogens (tertiary/aromatic N) is 2. The molecule has 0 aliphatic rings. The maximum atomic E-state index is 10.2. The van der Waals surface area contributed by atoms with Crippen LogP contribution in [0.25, 0.3) is 5.65 Å². The van der Waals surface area contributed by atoms with Crippen molar-refractivity contribution in [2.45, 2.75) is 18.6 Å². The quantitative estimate of drug-likeness (QED) is 0.286. The van der Waals surface area contributed by atoms with Gasteiger partial charge in [-0.1, -0.05) is 36.4 Å². The van der Waals surface area contributed by atoms with Crippen molar-refractivity contribution in [3.63, 3.8) is 0 Å². The summed E-state index contributed by atoms with van der Waals surface area (Å²) >= 11 is 0. The summed E-state index contributed by atoms with van der Waals surface area (Å²) in [5.41, 5.74) is 1.88. The van der Waals surface area contributed by atoms with Gasteiger partial charge in [-0.05, 0) is 48.4 Å². The van der Waals surface area contributed by atoms with Crippen molar-refractivity contribution in [2.75, 3.05) is 19.8 Å². The summed E-state index contributed by atoms with van der Waals surface area (Å²) in [5, 5.41) is 23.1. The minimum atomic E-state index is -0.675. The summed E-state index contributed by atoms with van der Waals surface area (Å²) in [6, 6.07) is 22.7.